The van der Waals surface area contributed by atoms with E-state index in [1.807, 2.05) is 0 Å². The van der Waals surface area contributed by atoms with E-state index in [4.69, 9.17) is 9.47 Å². The molecule has 1 atom stereocenters. The molecule has 16 heavy (non-hydrogen) atoms. The summed E-state index contributed by atoms with van der Waals surface area (Å²) in [6, 6.07) is 0.538. The molecule has 1 saturated heterocycles. The third kappa shape index (κ3) is 4.01. The summed E-state index contributed by atoms with van der Waals surface area (Å²) < 4.78 is 10.5. The molecular weight excluding hydrogens is 204 g/mol. The summed E-state index contributed by atoms with van der Waals surface area (Å²) >= 11 is 0. The van der Waals surface area contributed by atoms with Gasteiger partial charge in [0.2, 0.25) is 0 Å². The summed E-state index contributed by atoms with van der Waals surface area (Å²) in [5.41, 5.74) is 0.153. The third-order valence-corrected chi connectivity index (χ3v) is 3.16. The number of ether oxygens (including phenoxy) is 2. The molecular formula is C12H26N2O2. The molecule has 96 valence electrons. The number of nitrogens with zero attached hydrogens (tertiary/aromatic N) is 1. The molecule has 4 nitrogen and oxygen atoms in total. The van der Waals surface area contributed by atoms with Crippen molar-refractivity contribution < 1.29 is 9.47 Å². The predicted octanol–water partition coefficient (Wildman–Crippen LogP) is 0.722. The van der Waals surface area contributed by atoms with Crippen LogP contribution in [0.4, 0.5) is 0 Å². The van der Waals surface area contributed by atoms with Crippen LogP contribution < -0.4 is 5.32 Å². The first-order valence-corrected chi connectivity index (χ1v) is 6.12. The second-order valence-corrected chi connectivity index (χ2v) is 5.10. The molecule has 1 aliphatic rings. The molecule has 1 rings (SSSR count). The Morgan fingerprint density at radius 1 is 1.50 bits per heavy atom. The van der Waals surface area contributed by atoms with Crippen molar-refractivity contribution in [1.82, 2.24) is 10.2 Å². The van der Waals surface area contributed by atoms with Crippen molar-refractivity contribution in [2.24, 2.45) is 0 Å². The largest absolute Gasteiger partial charge is 0.383 e. The standard InChI is InChI=1S/C12H26N2O2/c1-11(9-13-5-7-15-4)14-6-8-16-10-12(14,2)3/h11,13H,5-10H2,1-4H3. The van der Waals surface area contributed by atoms with E-state index in [-0.39, 0.29) is 5.54 Å². The molecule has 0 bridgehead atoms. The van der Waals surface area contributed by atoms with Gasteiger partial charge in [0, 0.05) is 38.3 Å². The van der Waals surface area contributed by atoms with Crippen molar-refractivity contribution in [3.05, 3.63) is 0 Å². The van der Waals surface area contributed by atoms with Gasteiger partial charge in [-0.1, -0.05) is 0 Å². The predicted molar refractivity (Wildman–Crippen MR) is 65.8 cm³/mol. The smallest absolute Gasteiger partial charge is 0.0645 e. The first kappa shape index (κ1) is 13.9. The lowest BCUT2D eigenvalue weighted by atomic mass is 10.00. The van der Waals surface area contributed by atoms with Crippen molar-refractivity contribution >= 4 is 0 Å². The Morgan fingerprint density at radius 2 is 2.25 bits per heavy atom. The van der Waals surface area contributed by atoms with Gasteiger partial charge < -0.3 is 14.8 Å². The number of methoxy groups -OCH3 is 1. The van der Waals surface area contributed by atoms with Crippen LogP contribution in [0.5, 0.6) is 0 Å². The average molecular weight is 230 g/mol. The van der Waals surface area contributed by atoms with Crippen molar-refractivity contribution in [2.45, 2.75) is 32.4 Å². The molecule has 0 saturated carbocycles. The highest BCUT2D eigenvalue weighted by molar-refractivity contribution is 4.88. The molecule has 1 aliphatic heterocycles. The van der Waals surface area contributed by atoms with E-state index >= 15 is 0 Å². The maximum absolute atomic E-state index is 5.53. The molecule has 1 unspecified atom stereocenters. The Kier molecular flexibility index (Phi) is 5.69. The summed E-state index contributed by atoms with van der Waals surface area (Å²) in [6.07, 6.45) is 0. The summed E-state index contributed by atoms with van der Waals surface area (Å²) in [5, 5.41) is 3.41. The third-order valence-electron chi connectivity index (χ3n) is 3.16. The summed E-state index contributed by atoms with van der Waals surface area (Å²) in [4.78, 5) is 2.52. The summed E-state index contributed by atoms with van der Waals surface area (Å²) in [7, 11) is 1.73. The van der Waals surface area contributed by atoms with Crippen LogP contribution in [0.15, 0.2) is 0 Å². The average Bonchev–Trinajstić information content (AvgIpc) is 2.23. The quantitative estimate of drug-likeness (QED) is 0.682. The number of hydrogen-bond acceptors (Lipinski definition) is 4. The van der Waals surface area contributed by atoms with Gasteiger partial charge in [0.05, 0.1) is 19.8 Å². The summed E-state index contributed by atoms with van der Waals surface area (Å²) in [6.45, 7) is 12.2. The Balaban J connectivity index is 2.31. The van der Waals surface area contributed by atoms with Crippen LogP contribution in [0.1, 0.15) is 20.8 Å². The van der Waals surface area contributed by atoms with E-state index in [9.17, 15) is 0 Å². The van der Waals surface area contributed by atoms with Gasteiger partial charge in [0.25, 0.3) is 0 Å². The van der Waals surface area contributed by atoms with Crippen LogP contribution in [0, 0.1) is 0 Å². The van der Waals surface area contributed by atoms with Crippen LogP contribution in [0.25, 0.3) is 0 Å². The van der Waals surface area contributed by atoms with E-state index in [2.05, 4.69) is 31.0 Å². The normalized spacial score (nSPS) is 23.2. The van der Waals surface area contributed by atoms with Gasteiger partial charge in [-0.3, -0.25) is 4.90 Å². The first-order chi connectivity index (χ1) is 7.58. The lowest BCUT2D eigenvalue weighted by molar-refractivity contribution is -0.0682. The molecule has 0 radical (unpaired) electrons. The Labute approximate surface area is 99.3 Å². The van der Waals surface area contributed by atoms with Gasteiger partial charge in [-0.2, -0.15) is 0 Å². The molecule has 0 aromatic heterocycles. The Hall–Kier alpha value is -0.160. The number of nitrogens with one attached hydrogen (secondary N) is 1. The van der Waals surface area contributed by atoms with E-state index in [1.54, 1.807) is 7.11 Å². The van der Waals surface area contributed by atoms with Crippen molar-refractivity contribution in [2.75, 3.05) is 46.6 Å². The van der Waals surface area contributed by atoms with Gasteiger partial charge in [0.15, 0.2) is 0 Å². The molecule has 1 fully saturated rings. The minimum absolute atomic E-state index is 0.153. The van der Waals surface area contributed by atoms with Crippen LogP contribution in [-0.2, 0) is 9.47 Å². The lowest BCUT2D eigenvalue weighted by Gasteiger charge is -2.45. The SMILES string of the molecule is COCCNCC(C)N1CCOCC1(C)C. The fourth-order valence-electron chi connectivity index (χ4n) is 2.28. The maximum atomic E-state index is 5.53. The highest BCUT2D eigenvalue weighted by atomic mass is 16.5. The van der Waals surface area contributed by atoms with Crippen LogP contribution >= 0.6 is 0 Å². The minimum atomic E-state index is 0.153. The molecule has 0 amide bonds. The molecule has 4 heteroatoms. The van der Waals surface area contributed by atoms with Crippen molar-refractivity contribution in [3.8, 4) is 0 Å². The van der Waals surface area contributed by atoms with Gasteiger partial charge in [0.1, 0.15) is 0 Å². The lowest BCUT2D eigenvalue weighted by Crippen LogP contribution is -2.58. The second kappa shape index (κ2) is 6.55. The fourth-order valence-corrected chi connectivity index (χ4v) is 2.28. The van der Waals surface area contributed by atoms with Gasteiger partial charge in [-0.25, -0.2) is 0 Å². The number of rotatable bonds is 6. The highest BCUT2D eigenvalue weighted by Crippen LogP contribution is 2.21. The molecule has 0 spiro atoms. The zero-order chi connectivity index (χ0) is 12.0. The molecule has 0 aromatic carbocycles. The highest BCUT2D eigenvalue weighted by Gasteiger charge is 2.33. The Morgan fingerprint density at radius 3 is 2.88 bits per heavy atom. The minimum Gasteiger partial charge on any atom is -0.383 e. The molecule has 0 aromatic rings. The van der Waals surface area contributed by atoms with E-state index in [0.29, 0.717) is 6.04 Å². The molecule has 0 aliphatic carbocycles. The van der Waals surface area contributed by atoms with Crippen LogP contribution in [0.3, 0.4) is 0 Å². The molecule has 1 N–H and O–H groups in total. The Bertz CT molecular complexity index is 197. The molecule has 1 heterocycles. The van der Waals surface area contributed by atoms with Crippen LogP contribution in [-0.4, -0.2) is 63.0 Å². The van der Waals surface area contributed by atoms with Gasteiger partial charge >= 0.3 is 0 Å². The fraction of sp³-hybridized carbons (Fsp3) is 1.00. The number of morpholine rings is 1. The second-order valence-electron chi connectivity index (χ2n) is 5.10. The van der Waals surface area contributed by atoms with E-state index in [0.717, 1.165) is 39.5 Å². The van der Waals surface area contributed by atoms with Gasteiger partial charge in [-0.15, -0.1) is 0 Å². The van der Waals surface area contributed by atoms with Crippen molar-refractivity contribution in [3.63, 3.8) is 0 Å². The monoisotopic (exact) mass is 230 g/mol. The van der Waals surface area contributed by atoms with Gasteiger partial charge in [-0.05, 0) is 20.8 Å². The van der Waals surface area contributed by atoms with E-state index < -0.39 is 0 Å². The van der Waals surface area contributed by atoms with E-state index in [1.165, 1.54) is 0 Å². The van der Waals surface area contributed by atoms with Crippen molar-refractivity contribution in [1.29, 1.82) is 0 Å². The number of hydrogen-bond donors (Lipinski definition) is 1. The van der Waals surface area contributed by atoms with Crippen LogP contribution in [0.2, 0.25) is 0 Å². The zero-order valence-electron chi connectivity index (χ0n) is 11.1. The maximum Gasteiger partial charge on any atom is 0.0645 e. The topological polar surface area (TPSA) is 33.7 Å². The zero-order valence-corrected chi connectivity index (χ0v) is 11.1. The summed E-state index contributed by atoms with van der Waals surface area (Å²) in [5.74, 6) is 0. The first-order valence-electron chi connectivity index (χ1n) is 6.12.